The lowest BCUT2D eigenvalue weighted by Crippen LogP contribution is -2.33. The third-order valence-corrected chi connectivity index (χ3v) is 3.03. The molecule has 98 valence electrons. The van der Waals surface area contributed by atoms with Gasteiger partial charge in [-0.1, -0.05) is 0 Å². The first-order valence-corrected chi connectivity index (χ1v) is 5.92. The standard InChI is InChI=1S/C13H15F2NO2/c1-8(9-2-3-9)16-12(17)10-4-6-11(7-5-10)18-13(14)15/h4-9,13H,2-3H2,1H3,(H,16,17). The van der Waals surface area contributed by atoms with E-state index < -0.39 is 6.61 Å². The molecular formula is C13H15F2NO2. The highest BCUT2D eigenvalue weighted by atomic mass is 19.3. The van der Waals surface area contributed by atoms with E-state index in [0.717, 1.165) is 12.8 Å². The lowest BCUT2D eigenvalue weighted by molar-refractivity contribution is -0.0498. The monoisotopic (exact) mass is 255 g/mol. The molecule has 0 radical (unpaired) electrons. The van der Waals surface area contributed by atoms with Gasteiger partial charge in [-0.25, -0.2) is 0 Å². The Morgan fingerprint density at radius 3 is 2.44 bits per heavy atom. The van der Waals surface area contributed by atoms with Gasteiger partial charge in [-0.05, 0) is 49.9 Å². The van der Waals surface area contributed by atoms with Crippen molar-refractivity contribution in [3.05, 3.63) is 29.8 Å². The van der Waals surface area contributed by atoms with Gasteiger partial charge >= 0.3 is 6.61 Å². The Balaban J connectivity index is 1.93. The zero-order chi connectivity index (χ0) is 13.1. The number of halogens is 2. The van der Waals surface area contributed by atoms with Gasteiger partial charge in [0.1, 0.15) is 5.75 Å². The Morgan fingerprint density at radius 1 is 1.33 bits per heavy atom. The predicted molar refractivity (Wildman–Crippen MR) is 62.7 cm³/mol. The van der Waals surface area contributed by atoms with Crippen LogP contribution in [0.15, 0.2) is 24.3 Å². The summed E-state index contributed by atoms with van der Waals surface area (Å²) in [7, 11) is 0. The summed E-state index contributed by atoms with van der Waals surface area (Å²) in [5, 5.41) is 2.89. The molecule has 0 saturated heterocycles. The topological polar surface area (TPSA) is 38.3 Å². The maximum Gasteiger partial charge on any atom is 0.387 e. The molecule has 0 aliphatic heterocycles. The summed E-state index contributed by atoms with van der Waals surface area (Å²) in [5.74, 6) is 0.449. The van der Waals surface area contributed by atoms with Gasteiger partial charge in [0.25, 0.3) is 5.91 Å². The van der Waals surface area contributed by atoms with Crippen LogP contribution < -0.4 is 10.1 Å². The number of ether oxygens (including phenoxy) is 1. The zero-order valence-electron chi connectivity index (χ0n) is 10.0. The molecule has 1 fully saturated rings. The van der Waals surface area contributed by atoms with E-state index in [1.54, 1.807) is 0 Å². The summed E-state index contributed by atoms with van der Waals surface area (Å²) in [5.41, 5.74) is 0.448. The van der Waals surface area contributed by atoms with Crippen LogP contribution in [0.25, 0.3) is 0 Å². The highest BCUT2D eigenvalue weighted by molar-refractivity contribution is 5.94. The maximum absolute atomic E-state index is 11.9. The minimum absolute atomic E-state index is 0.0526. The minimum atomic E-state index is -2.85. The Morgan fingerprint density at radius 2 is 1.94 bits per heavy atom. The largest absolute Gasteiger partial charge is 0.435 e. The van der Waals surface area contributed by atoms with Crippen molar-refractivity contribution >= 4 is 5.91 Å². The highest BCUT2D eigenvalue weighted by Crippen LogP contribution is 2.32. The molecule has 1 aromatic rings. The number of rotatable bonds is 5. The summed E-state index contributed by atoms with van der Waals surface area (Å²) in [6.07, 6.45) is 2.31. The highest BCUT2D eigenvalue weighted by Gasteiger charge is 2.29. The fraction of sp³-hybridized carbons (Fsp3) is 0.462. The Kier molecular flexibility index (Phi) is 3.79. The quantitative estimate of drug-likeness (QED) is 0.878. The molecule has 1 N–H and O–H groups in total. The van der Waals surface area contributed by atoms with E-state index in [4.69, 9.17) is 0 Å². The fourth-order valence-electron chi connectivity index (χ4n) is 1.79. The van der Waals surface area contributed by atoms with E-state index in [-0.39, 0.29) is 17.7 Å². The lowest BCUT2D eigenvalue weighted by Gasteiger charge is -2.13. The van der Waals surface area contributed by atoms with Crippen LogP contribution in [-0.4, -0.2) is 18.6 Å². The van der Waals surface area contributed by atoms with E-state index in [0.29, 0.717) is 11.5 Å². The second-order valence-corrected chi connectivity index (χ2v) is 4.50. The molecule has 1 saturated carbocycles. The number of alkyl halides is 2. The molecule has 0 spiro atoms. The first kappa shape index (κ1) is 12.8. The van der Waals surface area contributed by atoms with Crippen LogP contribution in [-0.2, 0) is 0 Å². The molecule has 1 amide bonds. The normalized spacial score (nSPS) is 16.4. The number of benzene rings is 1. The molecule has 1 aliphatic carbocycles. The van der Waals surface area contributed by atoms with E-state index in [9.17, 15) is 13.6 Å². The zero-order valence-corrected chi connectivity index (χ0v) is 10.0. The Bertz CT molecular complexity index is 416. The van der Waals surface area contributed by atoms with Gasteiger partial charge in [0.2, 0.25) is 0 Å². The van der Waals surface area contributed by atoms with Crippen molar-refractivity contribution < 1.29 is 18.3 Å². The summed E-state index contributed by atoms with van der Waals surface area (Å²) in [4.78, 5) is 11.8. The van der Waals surface area contributed by atoms with Gasteiger partial charge in [-0.3, -0.25) is 4.79 Å². The van der Waals surface area contributed by atoms with Crippen molar-refractivity contribution in [1.29, 1.82) is 0 Å². The van der Waals surface area contributed by atoms with E-state index in [1.807, 2.05) is 6.92 Å². The van der Waals surface area contributed by atoms with Gasteiger partial charge in [0, 0.05) is 11.6 Å². The molecule has 0 bridgehead atoms. The molecule has 1 aliphatic rings. The van der Waals surface area contributed by atoms with Gasteiger partial charge in [0.05, 0.1) is 0 Å². The molecule has 1 aromatic carbocycles. The second-order valence-electron chi connectivity index (χ2n) is 4.50. The van der Waals surface area contributed by atoms with Crippen molar-refractivity contribution in [2.24, 2.45) is 5.92 Å². The van der Waals surface area contributed by atoms with Gasteiger partial charge in [-0.2, -0.15) is 8.78 Å². The number of carbonyl (C=O) groups excluding carboxylic acids is 1. The smallest absolute Gasteiger partial charge is 0.387 e. The Hall–Kier alpha value is -1.65. The van der Waals surface area contributed by atoms with Crippen LogP contribution in [0.5, 0.6) is 5.75 Å². The van der Waals surface area contributed by atoms with E-state index in [1.165, 1.54) is 24.3 Å². The fourth-order valence-corrected chi connectivity index (χ4v) is 1.79. The molecule has 5 heteroatoms. The van der Waals surface area contributed by atoms with Crippen molar-refractivity contribution in [1.82, 2.24) is 5.32 Å². The first-order chi connectivity index (χ1) is 8.56. The van der Waals surface area contributed by atoms with E-state index in [2.05, 4.69) is 10.1 Å². The van der Waals surface area contributed by atoms with Crippen molar-refractivity contribution in [2.75, 3.05) is 0 Å². The SMILES string of the molecule is CC(NC(=O)c1ccc(OC(F)F)cc1)C1CC1. The molecule has 2 rings (SSSR count). The number of nitrogens with one attached hydrogen (secondary N) is 1. The van der Waals surface area contributed by atoms with Crippen molar-refractivity contribution in [3.8, 4) is 5.75 Å². The van der Waals surface area contributed by atoms with Crippen LogP contribution >= 0.6 is 0 Å². The van der Waals surface area contributed by atoms with Crippen molar-refractivity contribution in [2.45, 2.75) is 32.4 Å². The average molecular weight is 255 g/mol. The number of hydrogen-bond donors (Lipinski definition) is 1. The van der Waals surface area contributed by atoms with E-state index >= 15 is 0 Å². The second kappa shape index (κ2) is 5.33. The molecule has 0 heterocycles. The van der Waals surface area contributed by atoms with Crippen LogP contribution in [0.1, 0.15) is 30.1 Å². The third-order valence-electron chi connectivity index (χ3n) is 3.03. The van der Waals surface area contributed by atoms with Crippen LogP contribution in [0, 0.1) is 5.92 Å². The number of carbonyl (C=O) groups is 1. The maximum atomic E-state index is 11.9. The van der Waals surface area contributed by atoms with Gasteiger partial charge < -0.3 is 10.1 Å². The summed E-state index contributed by atoms with van der Waals surface area (Å²) >= 11 is 0. The third kappa shape index (κ3) is 3.42. The van der Waals surface area contributed by atoms with Crippen LogP contribution in [0.3, 0.4) is 0 Å². The van der Waals surface area contributed by atoms with Gasteiger partial charge in [0.15, 0.2) is 0 Å². The predicted octanol–water partition coefficient (Wildman–Crippen LogP) is 2.82. The van der Waals surface area contributed by atoms with Crippen molar-refractivity contribution in [3.63, 3.8) is 0 Å². The van der Waals surface area contributed by atoms with Gasteiger partial charge in [-0.15, -0.1) is 0 Å². The molecule has 18 heavy (non-hydrogen) atoms. The molecule has 1 atom stereocenters. The summed E-state index contributed by atoms with van der Waals surface area (Å²) in [6.45, 7) is -0.872. The Labute approximate surface area is 104 Å². The van der Waals surface area contributed by atoms with Crippen LogP contribution in [0.4, 0.5) is 8.78 Å². The average Bonchev–Trinajstić information content (AvgIpc) is 3.12. The summed E-state index contributed by atoms with van der Waals surface area (Å²) < 4.78 is 28.1. The van der Waals surface area contributed by atoms with Crippen LogP contribution in [0.2, 0.25) is 0 Å². The molecule has 3 nitrogen and oxygen atoms in total. The molecule has 1 unspecified atom stereocenters. The molecule has 0 aromatic heterocycles. The summed E-state index contributed by atoms with van der Waals surface area (Å²) in [6, 6.07) is 5.85. The number of amides is 1. The minimum Gasteiger partial charge on any atom is -0.435 e. The number of hydrogen-bond acceptors (Lipinski definition) is 2. The lowest BCUT2D eigenvalue weighted by atomic mass is 10.1. The first-order valence-electron chi connectivity index (χ1n) is 5.92. The molecular weight excluding hydrogens is 240 g/mol.